The fraction of sp³-hybridized carbons (Fsp3) is 0.625. The lowest BCUT2D eigenvalue weighted by Gasteiger charge is -2.10. The van der Waals surface area contributed by atoms with Crippen LogP contribution in [0.15, 0.2) is 4.52 Å². The van der Waals surface area contributed by atoms with E-state index in [0.29, 0.717) is 11.7 Å². The van der Waals surface area contributed by atoms with Crippen molar-refractivity contribution in [3.63, 3.8) is 0 Å². The fourth-order valence-electron chi connectivity index (χ4n) is 0.716. The van der Waals surface area contributed by atoms with Crippen LogP contribution in [-0.4, -0.2) is 16.4 Å². The van der Waals surface area contributed by atoms with Gasteiger partial charge in [0.2, 0.25) is 5.89 Å². The van der Waals surface area contributed by atoms with Gasteiger partial charge in [-0.05, 0) is 0 Å². The molecule has 4 nitrogen and oxygen atoms in total. The van der Waals surface area contributed by atoms with Gasteiger partial charge in [-0.3, -0.25) is 0 Å². The van der Waals surface area contributed by atoms with Crippen molar-refractivity contribution in [3.05, 3.63) is 11.7 Å². The van der Waals surface area contributed by atoms with Gasteiger partial charge in [-0.2, -0.15) is 4.98 Å². The van der Waals surface area contributed by atoms with Crippen LogP contribution in [0, 0.1) is 0 Å². The molecule has 0 atom stereocenters. The predicted molar refractivity (Wildman–Crippen MR) is 42.8 cm³/mol. The van der Waals surface area contributed by atoms with Gasteiger partial charge in [0.1, 0.15) is 6.29 Å². The van der Waals surface area contributed by atoms with Crippen LogP contribution in [0.2, 0.25) is 0 Å². The average molecular weight is 168 g/mol. The highest BCUT2D eigenvalue weighted by atomic mass is 16.5. The van der Waals surface area contributed by atoms with Gasteiger partial charge in [0, 0.05) is 5.41 Å². The van der Waals surface area contributed by atoms with Crippen LogP contribution >= 0.6 is 0 Å². The summed E-state index contributed by atoms with van der Waals surface area (Å²) in [5, 5.41) is 3.66. The summed E-state index contributed by atoms with van der Waals surface area (Å²) >= 11 is 0. The van der Waals surface area contributed by atoms with Crippen molar-refractivity contribution in [2.75, 3.05) is 0 Å². The van der Waals surface area contributed by atoms with E-state index in [2.05, 4.69) is 10.1 Å². The molecule has 0 radical (unpaired) electrons. The molecule has 66 valence electrons. The molecule has 4 heteroatoms. The van der Waals surface area contributed by atoms with Gasteiger partial charge in [0.05, 0.1) is 6.42 Å². The zero-order valence-electron chi connectivity index (χ0n) is 7.50. The maximum atomic E-state index is 10.1. The van der Waals surface area contributed by atoms with Crippen LogP contribution in [0.3, 0.4) is 0 Å². The van der Waals surface area contributed by atoms with Crippen LogP contribution < -0.4 is 0 Å². The second kappa shape index (κ2) is 3.05. The third-order valence-electron chi connectivity index (χ3n) is 1.38. The molecule has 12 heavy (non-hydrogen) atoms. The molecule has 0 aliphatic carbocycles. The number of carbonyl (C=O) groups excluding carboxylic acids is 1. The van der Waals surface area contributed by atoms with Crippen molar-refractivity contribution in [2.24, 2.45) is 0 Å². The molecule has 0 saturated carbocycles. The minimum Gasteiger partial charge on any atom is -0.339 e. The maximum Gasteiger partial charge on any atom is 0.232 e. The molecule has 0 bridgehead atoms. The Bertz CT molecular complexity index is 273. The Morgan fingerprint density at radius 2 is 2.17 bits per heavy atom. The maximum absolute atomic E-state index is 10.1. The Morgan fingerprint density at radius 3 is 2.58 bits per heavy atom. The van der Waals surface area contributed by atoms with E-state index < -0.39 is 0 Å². The molecule has 0 N–H and O–H groups in total. The first-order valence-electron chi connectivity index (χ1n) is 3.81. The van der Waals surface area contributed by atoms with E-state index in [4.69, 9.17) is 4.52 Å². The smallest absolute Gasteiger partial charge is 0.232 e. The first-order valence-corrected chi connectivity index (χ1v) is 3.81. The highest BCUT2D eigenvalue weighted by Gasteiger charge is 2.21. The summed E-state index contributed by atoms with van der Waals surface area (Å²) < 4.78 is 4.96. The van der Waals surface area contributed by atoms with E-state index in [9.17, 15) is 4.79 Å². The first kappa shape index (κ1) is 8.90. The van der Waals surface area contributed by atoms with E-state index in [-0.39, 0.29) is 11.8 Å². The van der Waals surface area contributed by atoms with Crippen LogP contribution in [0.25, 0.3) is 0 Å². The molecule has 0 saturated heterocycles. The Kier molecular flexibility index (Phi) is 2.26. The third-order valence-corrected chi connectivity index (χ3v) is 1.38. The molecular weight excluding hydrogens is 156 g/mol. The molecule has 0 amide bonds. The van der Waals surface area contributed by atoms with Gasteiger partial charge in [0.15, 0.2) is 5.82 Å². The number of hydrogen-bond acceptors (Lipinski definition) is 4. The van der Waals surface area contributed by atoms with Crippen molar-refractivity contribution in [2.45, 2.75) is 32.6 Å². The summed E-state index contributed by atoms with van der Waals surface area (Å²) in [6, 6.07) is 0. The van der Waals surface area contributed by atoms with Gasteiger partial charge < -0.3 is 9.32 Å². The number of carbonyl (C=O) groups is 1. The summed E-state index contributed by atoms with van der Waals surface area (Å²) in [7, 11) is 0. The zero-order chi connectivity index (χ0) is 9.19. The monoisotopic (exact) mass is 168 g/mol. The molecule has 0 unspecified atom stereocenters. The van der Waals surface area contributed by atoms with Crippen LogP contribution in [-0.2, 0) is 16.6 Å². The second-order valence-electron chi connectivity index (χ2n) is 3.64. The molecule has 0 aromatic carbocycles. The lowest BCUT2D eigenvalue weighted by molar-refractivity contribution is -0.107. The van der Waals surface area contributed by atoms with Gasteiger partial charge in [-0.25, -0.2) is 0 Å². The zero-order valence-corrected chi connectivity index (χ0v) is 7.50. The van der Waals surface area contributed by atoms with E-state index >= 15 is 0 Å². The molecule has 0 spiro atoms. The minimum atomic E-state index is -0.145. The SMILES string of the molecule is CC(C)(C)c1nc(CC=O)no1. The summed E-state index contributed by atoms with van der Waals surface area (Å²) in [5.74, 6) is 1.02. The van der Waals surface area contributed by atoms with Crippen LogP contribution in [0.5, 0.6) is 0 Å². The first-order chi connectivity index (χ1) is 5.54. The Balaban J connectivity index is 2.84. The van der Waals surface area contributed by atoms with Gasteiger partial charge >= 0.3 is 0 Å². The Labute approximate surface area is 71.0 Å². The molecular formula is C8H12N2O2. The molecule has 1 aromatic rings. The number of aromatic nitrogens is 2. The summed E-state index contributed by atoms with van der Waals surface area (Å²) in [5.41, 5.74) is -0.145. The number of nitrogens with zero attached hydrogens (tertiary/aromatic N) is 2. The van der Waals surface area contributed by atoms with E-state index in [1.807, 2.05) is 20.8 Å². The van der Waals surface area contributed by atoms with Crippen molar-refractivity contribution in [1.29, 1.82) is 0 Å². The van der Waals surface area contributed by atoms with Crippen molar-refractivity contribution in [3.8, 4) is 0 Å². The normalized spacial score (nSPS) is 11.6. The van der Waals surface area contributed by atoms with Crippen molar-refractivity contribution < 1.29 is 9.32 Å². The number of aldehydes is 1. The predicted octanol–water partition coefficient (Wildman–Crippen LogP) is 1.11. The minimum absolute atomic E-state index is 0.145. The largest absolute Gasteiger partial charge is 0.339 e. The lowest BCUT2D eigenvalue weighted by Crippen LogP contribution is -2.11. The highest BCUT2D eigenvalue weighted by molar-refractivity contribution is 5.52. The molecule has 0 aliphatic heterocycles. The molecule has 0 aliphatic rings. The van der Waals surface area contributed by atoms with Crippen LogP contribution in [0.1, 0.15) is 32.5 Å². The van der Waals surface area contributed by atoms with E-state index in [1.54, 1.807) is 0 Å². The summed E-state index contributed by atoms with van der Waals surface area (Å²) in [4.78, 5) is 14.2. The van der Waals surface area contributed by atoms with Gasteiger partial charge in [0.25, 0.3) is 0 Å². The van der Waals surface area contributed by atoms with Crippen LogP contribution in [0.4, 0.5) is 0 Å². The Morgan fingerprint density at radius 1 is 1.50 bits per heavy atom. The van der Waals surface area contributed by atoms with E-state index in [1.165, 1.54) is 0 Å². The quantitative estimate of drug-likeness (QED) is 0.620. The molecule has 1 aromatic heterocycles. The summed E-state index contributed by atoms with van der Waals surface area (Å²) in [6.07, 6.45) is 0.983. The highest BCUT2D eigenvalue weighted by Crippen LogP contribution is 2.19. The van der Waals surface area contributed by atoms with Gasteiger partial charge in [-0.15, -0.1) is 0 Å². The third kappa shape index (κ3) is 1.90. The lowest BCUT2D eigenvalue weighted by atomic mass is 9.97. The van der Waals surface area contributed by atoms with Gasteiger partial charge in [-0.1, -0.05) is 25.9 Å². The molecule has 1 rings (SSSR count). The topological polar surface area (TPSA) is 56.0 Å². The molecule has 1 heterocycles. The standard InChI is InChI=1S/C8H12N2O2/c1-8(2,3)7-9-6(4-5-11)10-12-7/h5H,4H2,1-3H3. The number of hydrogen-bond donors (Lipinski definition) is 0. The summed E-state index contributed by atoms with van der Waals surface area (Å²) in [6.45, 7) is 5.93. The number of rotatable bonds is 2. The molecule has 0 fully saturated rings. The Hall–Kier alpha value is -1.19. The average Bonchev–Trinajstić information content (AvgIpc) is 2.35. The fourth-order valence-corrected chi connectivity index (χ4v) is 0.716. The van der Waals surface area contributed by atoms with E-state index in [0.717, 1.165) is 6.29 Å². The van der Waals surface area contributed by atoms with Crippen molar-refractivity contribution in [1.82, 2.24) is 10.1 Å². The second-order valence-corrected chi connectivity index (χ2v) is 3.64. The van der Waals surface area contributed by atoms with Crippen molar-refractivity contribution >= 4 is 6.29 Å².